The Bertz CT molecular complexity index is 666. The van der Waals surface area contributed by atoms with Gasteiger partial charge in [-0.05, 0) is 36.6 Å². The van der Waals surface area contributed by atoms with Crippen LogP contribution in [0.5, 0.6) is 0 Å². The SMILES string of the molecule is CCC1CCN2C(=O)CCC2C1.c1cc2c(s1)Cn1cncc1-2. The fourth-order valence-electron chi connectivity index (χ4n) is 4.06. The third-order valence-corrected chi connectivity index (χ3v) is 6.37. The topological polar surface area (TPSA) is 38.1 Å². The Kier molecular flexibility index (Phi) is 3.97. The summed E-state index contributed by atoms with van der Waals surface area (Å²) in [6.45, 7) is 4.31. The van der Waals surface area contributed by atoms with Crippen molar-refractivity contribution in [2.45, 2.75) is 51.6 Å². The minimum Gasteiger partial charge on any atom is -0.340 e. The van der Waals surface area contributed by atoms with E-state index in [2.05, 4.69) is 32.8 Å². The van der Waals surface area contributed by atoms with Crippen molar-refractivity contribution >= 4 is 17.2 Å². The number of hydrogen-bond donors (Lipinski definition) is 0. The maximum Gasteiger partial charge on any atom is 0.222 e. The zero-order valence-electron chi connectivity index (χ0n) is 13.6. The number of carbonyl (C=O) groups is 1. The Morgan fingerprint density at radius 1 is 1.39 bits per heavy atom. The van der Waals surface area contributed by atoms with Gasteiger partial charge in [0.15, 0.2) is 0 Å². The average Bonchev–Trinajstić information content (AvgIpc) is 3.30. The molecule has 5 rings (SSSR count). The van der Waals surface area contributed by atoms with E-state index in [1.807, 2.05) is 23.9 Å². The Hall–Kier alpha value is -1.62. The maximum atomic E-state index is 11.3. The molecule has 2 saturated heterocycles. The van der Waals surface area contributed by atoms with Crippen LogP contribution in [0.15, 0.2) is 24.0 Å². The molecule has 2 fully saturated rings. The second-order valence-corrected chi connectivity index (χ2v) is 7.74. The molecule has 0 N–H and O–H groups in total. The molecule has 0 aliphatic carbocycles. The first kappa shape index (κ1) is 14.9. The third-order valence-electron chi connectivity index (χ3n) is 5.46. The molecule has 2 atom stereocenters. The van der Waals surface area contributed by atoms with Gasteiger partial charge >= 0.3 is 0 Å². The van der Waals surface area contributed by atoms with Crippen LogP contribution in [-0.2, 0) is 11.3 Å². The molecule has 0 spiro atoms. The number of carbonyl (C=O) groups excluding carboxylic acids is 1. The monoisotopic (exact) mass is 329 g/mol. The quantitative estimate of drug-likeness (QED) is 0.681. The predicted octanol–water partition coefficient (Wildman–Crippen LogP) is 3.77. The first-order valence-corrected chi connectivity index (χ1v) is 9.50. The fraction of sp³-hybridized carbons (Fsp3) is 0.556. The summed E-state index contributed by atoms with van der Waals surface area (Å²) in [5, 5.41) is 2.14. The van der Waals surface area contributed by atoms with Gasteiger partial charge in [-0.1, -0.05) is 13.3 Å². The van der Waals surface area contributed by atoms with E-state index in [-0.39, 0.29) is 0 Å². The van der Waals surface area contributed by atoms with Crippen molar-refractivity contribution in [1.29, 1.82) is 0 Å². The summed E-state index contributed by atoms with van der Waals surface area (Å²) >= 11 is 1.82. The summed E-state index contributed by atoms with van der Waals surface area (Å²) in [6.07, 6.45) is 9.54. The number of piperidine rings is 1. The average molecular weight is 329 g/mol. The first-order chi connectivity index (χ1) is 11.3. The highest BCUT2D eigenvalue weighted by atomic mass is 32.1. The van der Waals surface area contributed by atoms with Gasteiger partial charge in [0.05, 0.1) is 24.8 Å². The summed E-state index contributed by atoms with van der Waals surface area (Å²) < 4.78 is 2.18. The summed E-state index contributed by atoms with van der Waals surface area (Å²) in [5.74, 6) is 1.28. The lowest BCUT2D eigenvalue weighted by Crippen LogP contribution is -2.40. The third kappa shape index (κ3) is 2.71. The van der Waals surface area contributed by atoms with E-state index in [1.54, 1.807) is 0 Å². The highest BCUT2D eigenvalue weighted by Gasteiger charge is 2.35. The smallest absolute Gasteiger partial charge is 0.222 e. The Morgan fingerprint density at radius 2 is 2.30 bits per heavy atom. The molecule has 23 heavy (non-hydrogen) atoms. The summed E-state index contributed by atoms with van der Waals surface area (Å²) in [7, 11) is 0. The summed E-state index contributed by atoms with van der Waals surface area (Å²) in [4.78, 5) is 19.0. The van der Waals surface area contributed by atoms with Crippen molar-refractivity contribution in [3.8, 4) is 11.3 Å². The largest absolute Gasteiger partial charge is 0.340 e. The van der Waals surface area contributed by atoms with E-state index in [9.17, 15) is 4.79 Å². The van der Waals surface area contributed by atoms with Crippen molar-refractivity contribution in [2.24, 2.45) is 5.92 Å². The van der Waals surface area contributed by atoms with E-state index in [0.29, 0.717) is 11.9 Å². The van der Waals surface area contributed by atoms with Gasteiger partial charge in [-0.3, -0.25) is 4.79 Å². The van der Waals surface area contributed by atoms with Crippen LogP contribution < -0.4 is 0 Å². The van der Waals surface area contributed by atoms with Crippen LogP contribution in [-0.4, -0.2) is 32.9 Å². The molecule has 4 nitrogen and oxygen atoms in total. The van der Waals surface area contributed by atoms with Gasteiger partial charge in [-0.25, -0.2) is 4.98 Å². The fourth-order valence-corrected chi connectivity index (χ4v) is 4.94. The molecule has 0 radical (unpaired) electrons. The van der Waals surface area contributed by atoms with Crippen LogP contribution >= 0.6 is 11.3 Å². The van der Waals surface area contributed by atoms with Gasteiger partial charge < -0.3 is 9.47 Å². The van der Waals surface area contributed by atoms with E-state index >= 15 is 0 Å². The molecular formula is C18H23N3OS. The lowest BCUT2D eigenvalue weighted by atomic mass is 9.89. The maximum absolute atomic E-state index is 11.3. The van der Waals surface area contributed by atoms with E-state index in [1.165, 1.54) is 35.4 Å². The molecule has 0 aromatic carbocycles. The first-order valence-electron chi connectivity index (χ1n) is 8.62. The normalized spacial score (nSPS) is 24.7. The van der Waals surface area contributed by atoms with Gasteiger partial charge in [-0.15, -0.1) is 11.3 Å². The summed E-state index contributed by atoms with van der Waals surface area (Å²) in [5.41, 5.74) is 2.63. The number of amides is 1. The van der Waals surface area contributed by atoms with Gasteiger partial charge in [0.25, 0.3) is 0 Å². The van der Waals surface area contributed by atoms with Crippen molar-refractivity contribution in [2.75, 3.05) is 6.54 Å². The molecule has 2 aromatic heterocycles. The number of imidazole rings is 1. The van der Waals surface area contributed by atoms with E-state index in [4.69, 9.17) is 0 Å². The zero-order chi connectivity index (χ0) is 15.8. The van der Waals surface area contributed by atoms with Crippen LogP contribution in [0.4, 0.5) is 0 Å². The number of hydrogen-bond acceptors (Lipinski definition) is 3. The lowest BCUT2D eigenvalue weighted by molar-refractivity contribution is -0.130. The minimum absolute atomic E-state index is 0.398. The standard InChI is InChI=1S/C10H17NO.C8H6N2S/c1-2-8-5-6-11-9(7-8)3-4-10(11)12;1-2-11-8-4-10-5-9-3-7(10)6(1)8/h8-9H,2-7H2,1H3;1-3,5H,4H2. The van der Waals surface area contributed by atoms with E-state index in [0.717, 1.165) is 31.8 Å². The van der Waals surface area contributed by atoms with Gasteiger partial charge in [0.1, 0.15) is 0 Å². The molecule has 3 aliphatic rings. The molecule has 1 amide bonds. The molecule has 0 bridgehead atoms. The van der Waals surface area contributed by atoms with Crippen molar-refractivity contribution in [3.63, 3.8) is 0 Å². The number of thiophene rings is 1. The molecular weight excluding hydrogens is 306 g/mol. The van der Waals surface area contributed by atoms with Crippen LogP contribution in [0.1, 0.15) is 43.9 Å². The van der Waals surface area contributed by atoms with Gasteiger partial charge in [0.2, 0.25) is 5.91 Å². The number of rotatable bonds is 1. The van der Waals surface area contributed by atoms with Crippen LogP contribution in [0.25, 0.3) is 11.3 Å². The summed E-state index contributed by atoms with van der Waals surface area (Å²) in [6, 6.07) is 2.77. The number of aromatic nitrogens is 2. The number of fused-ring (bicyclic) bond motifs is 4. The zero-order valence-corrected chi connectivity index (χ0v) is 14.4. The van der Waals surface area contributed by atoms with Crippen LogP contribution in [0.3, 0.4) is 0 Å². The molecule has 2 aromatic rings. The van der Waals surface area contributed by atoms with Crippen molar-refractivity contribution in [1.82, 2.24) is 14.5 Å². The molecule has 122 valence electrons. The van der Waals surface area contributed by atoms with Crippen LogP contribution in [0.2, 0.25) is 0 Å². The molecule has 2 unspecified atom stereocenters. The Morgan fingerprint density at radius 3 is 3.17 bits per heavy atom. The lowest BCUT2D eigenvalue weighted by Gasteiger charge is -2.34. The number of nitrogens with zero attached hydrogens (tertiary/aromatic N) is 3. The highest BCUT2D eigenvalue weighted by Crippen LogP contribution is 2.34. The molecule has 5 heteroatoms. The second-order valence-electron chi connectivity index (χ2n) is 6.74. The van der Waals surface area contributed by atoms with Gasteiger partial charge in [-0.2, -0.15) is 0 Å². The highest BCUT2D eigenvalue weighted by molar-refractivity contribution is 7.10. The second kappa shape index (κ2) is 6.11. The molecule has 5 heterocycles. The minimum atomic E-state index is 0.398. The predicted molar refractivity (Wildman–Crippen MR) is 92.4 cm³/mol. The Balaban J connectivity index is 0.000000118. The van der Waals surface area contributed by atoms with Gasteiger partial charge in [0, 0.05) is 29.4 Å². The van der Waals surface area contributed by atoms with E-state index < -0.39 is 0 Å². The van der Waals surface area contributed by atoms with Crippen LogP contribution in [0, 0.1) is 5.92 Å². The van der Waals surface area contributed by atoms with Crippen molar-refractivity contribution in [3.05, 3.63) is 28.8 Å². The molecule has 3 aliphatic heterocycles. The Labute approximate surface area is 141 Å². The van der Waals surface area contributed by atoms with Crippen molar-refractivity contribution < 1.29 is 4.79 Å². The molecule has 0 saturated carbocycles.